The third kappa shape index (κ3) is 3.85. The minimum Gasteiger partial charge on any atom is -0.373 e. The number of halogens is 5. The number of likely N-dealkylation sites (tertiary alicyclic amines) is 1. The maximum absolute atomic E-state index is 14.2. The normalized spacial score (nSPS) is 22.4. The van der Waals surface area contributed by atoms with E-state index >= 15 is 0 Å². The number of hydrogen-bond donors (Lipinski definition) is 1. The van der Waals surface area contributed by atoms with Crippen LogP contribution in [0.3, 0.4) is 0 Å². The number of carbonyl (C=O) groups excluding carboxylic acids is 1. The molecule has 1 unspecified atom stereocenters. The predicted octanol–water partition coefficient (Wildman–Crippen LogP) is 3.42. The summed E-state index contributed by atoms with van der Waals surface area (Å²) in [7, 11) is 0. The summed E-state index contributed by atoms with van der Waals surface area (Å²) in [5.41, 5.74) is -2.80. The van der Waals surface area contributed by atoms with E-state index in [1.54, 1.807) is 13.0 Å². The van der Waals surface area contributed by atoms with Crippen molar-refractivity contribution in [1.29, 1.82) is 0 Å². The van der Waals surface area contributed by atoms with Gasteiger partial charge in [0.1, 0.15) is 11.5 Å². The first-order valence-electron chi connectivity index (χ1n) is 9.01. The second kappa shape index (κ2) is 7.40. The molecule has 1 amide bonds. The molecule has 0 spiro atoms. The van der Waals surface area contributed by atoms with Gasteiger partial charge in [0.15, 0.2) is 5.82 Å². The molecule has 1 aliphatic rings. The van der Waals surface area contributed by atoms with Crippen LogP contribution in [-0.2, 0) is 4.79 Å². The Morgan fingerprint density at radius 2 is 1.93 bits per heavy atom. The number of amides is 1. The van der Waals surface area contributed by atoms with E-state index in [2.05, 4.69) is 5.10 Å². The van der Waals surface area contributed by atoms with E-state index in [0.717, 1.165) is 17.0 Å². The number of carbonyl (C=O) groups is 1. The van der Waals surface area contributed by atoms with Crippen molar-refractivity contribution in [3.05, 3.63) is 47.8 Å². The van der Waals surface area contributed by atoms with Crippen LogP contribution in [0.2, 0.25) is 0 Å². The van der Waals surface area contributed by atoms with Crippen molar-refractivity contribution in [3.8, 4) is 5.69 Å². The molecule has 158 valence electrons. The Hall–Kier alpha value is -2.49. The zero-order valence-electron chi connectivity index (χ0n) is 15.7. The summed E-state index contributed by atoms with van der Waals surface area (Å²) in [5, 5.41) is 13.7. The van der Waals surface area contributed by atoms with Crippen LogP contribution in [0.5, 0.6) is 0 Å². The van der Waals surface area contributed by atoms with Gasteiger partial charge in [-0.15, -0.1) is 0 Å². The van der Waals surface area contributed by atoms with Crippen LogP contribution >= 0.6 is 0 Å². The van der Waals surface area contributed by atoms with Crippen molar-refractivity contribution in [2.75, 3.05) is 13.1 Å². The Bertz CT molecular complexity index is 909. The van der Waals surface area contributed by atoms with Crippen molar-refractivity contribution < 1.29 is 31.9 Å². The number of piperidine rings is 1. The maximum atomic E-state index is 14.2. The molecule has 1 N–H and O–H groups in total. The summed E-state index contributed by atoms with van der Waals surface area (Å²) in [6.45, 7) is 2.19. The highest BCUT2D eigenvalue weighted by Gasteiger charge is 2.57. The summed E-state index contributed by atoms with van der Waals surface area (Å²) >= 11 is 0. The molecule has 5 nitrogen and oxygen atoms in total. The van der Waals surface area contributed by atoms with E-state index in [1.165, 1.54) is 16.9 Å². The Balaban J connectivity index is 1.82. The lowest BCUT2D eigenvalue weighted by atomic mass is 9.83. The molecule has 1 saturated heterocycles. The van der Waals surface area contributed by atoms with Crippen molar-refractivity contribution in [1.82, 2.24) is 14.7 Å². The van der Waals surface area contributed by atoms with E-state index in [4.69, 9.17) is 0 Å². The molecule has 0 aliphatic carbocycles. The molecule has 0 radical (unpaired) electrons. The van der Waals surface area contributed by atoms with Crippen molar-refractivity contribution in [2.45, 2.75) is 38.0 Å². The van der Waals surface area contributed by atoms with Gasteiger partial charge in [-0.25, -0.2) is 13.5 Å². The summed E-state index contributed by atoms with van der Waals surface area (Å²) < 4.78 is 67.6. The number of aromatic nitrogens is 2. The van der Waals surface area contributed by atoms with E-state index in [9.17, 15) is 31.9 Å². The van der Waals surface area contributed by atoms with Gasteiger partial charge >= 0.3 is 6.18 Å². The number of nitrogens with zero attached hydrogens (tertiary/aromatic N) is 3. The van der Waals surface area contributed by atoms with Gasteiger partial charge in [-0.3, -0.25) is 4.79 Å². The standard InChI is InChI=1S/C19H20F5N3O2/c1-11-10-26(17(28)18(2,29)19(22,23)24)8-6-13(11)15-5-7-25-27(15)16-4-3-12(20)9-14(16)21/h3-5,7,9,11,13,29H,6,8,10H2,1-2H3/t11?,13-,18-/m1/s1. The fourth-order valence-electron chi connectivity index (χ4n) is 3.65. The van der Waals surface area contributed by atoms with Crippen LogP contribution in [0.15, 0.2) is 30.5 Å². The van der Waals surface area contributed by atoms with Gasteiger partial charge in [0.2, 0.25) is 5.60 Å². The van der Waals surface area contributed by atoms with E-state index < -0.39 is 29.3 Å². The van der Waals surface area contributed by atoms with Gasteiger partial charge in [0, 0.05) is 37.0 Å². The molecule has 3 atom stereocenters. The SMILES string of the molecule is CC1CN(C(=O)[C@@](C)(O)C(F)(F)F)CC[C@H]1c1ccnn1-c1ccc(F)cc1F. The molecule has 2 heterocycles. The quantitative estimate of drug-likeness (QED) is 0.779. The maximum Gasteiger partial charge on any atom is 0.426 e. The Morgan fingerprint density at radius 3 is 2.52 bits per heavy atom. The molecule has 2 aromatic rings. The second-order valence-electron chi connectivity index (χ2n) is 7.46. The molecule has 3 rings (SSSR count). The monoisotopic (exact) mass is 417 g/mol. The average molecular weight is 417 g/mol. The van der Waals surface area contributed by atoms with Crippen molar-refractivity contribution in [2.24, 2.45) is 5.92 Å². The van der Waals surface area contributed by atoms with E-state index in [0.29, 0.717) is 19.0 Å². The highest BCUT2D eigenvalue weighted by molar-refractivity contribution is 5.85. The summed E-state index contributed by atoms with van der Waals surface area (Å²) in [6, 6.07) is 4.76. The number of hydrogen-bond acceptors (Lipinski definition) is 3. The smallest absolute Gasteiger partial charge is 0.373 e. The lowest BCUT2D eigenvalue weighted by Gasteiger charge is -2.40. The molecule has 10 heteroatoms. The first kappa shape index (κ1) is 21.2. The molecule has 0 bridgehead atoms. The largest absolute Gasteiger partial charge is 0.426 e. The van der Waals surface area contributed by atoms with Crippen LogP contribution < -0.4 is 0 Å². The minimum atomic E-state index is -5.08. The molecule has 29 heavy (non-hydrogen) atoms. The molecule has 1 aromatic carbocycles. The fourth-order valence-corrected chi connectivity index (χ4v) is 3.65. The zero-order chi connectivity index (χ0) is 21.6. The lowest BCUT2D eigenvalue weighted by Crippen LogP contribution is -2.58. The molecule has 1 fully saturated rings. The lowest BCUT2D eigenvalue weighted by molar-refractivity contribution is -0.250. The third-order valence-electron chi connectivity index (χ3n) is 5.35. The van der Waals surface area contributed by atoms with Crippen LogP contribution in [0.4, 0.5) is 22.0 Å². The zero-order valence-corrected chi connectivity index (χ0v) is 15.7. The summed E-state index contributed by atoms with van der Waals surface area (Å²) in [5.74, 6) is -3.42. The highest BCUT2D eigenvalue weighted by atomic mass is 19.4. The van der Waals surface area contributed by atoms with Crippen LogP contribution in [0.25, 0.3) is 5.69 Å². The number of rotatable bonds is 3. The number of benzene rings is 1. The van der Waals surface area contributed by atoms with Gasteiger partial charge < -0.3 is 10.0 Å². The van der Waals surface area contributed by atoms with E-state index in [1.807, 2.05) is 0 Å². The van der Waals surface area contributed by atoms with Gasteiger partial charge in [-0.05, 0) is 37.5 Å². The average Bonchev–Trinajstić information content (AvgIpc) is 3.09. The molecular weight excluding hydrogens is 397 g/mol. The summed E-state index contributed by atoms with van der Waals surface area (Å²) in [4.78, 5) is 13.2. The Kier molecular flexibility index (Phi) is 5.42. The molecular formula is C19H20F5N3O2. The third-order valence-corrected chi connectivity index (χ3v) is 5.35. The Labute approximate surface area is 163 Å². The first-order valence-corrected chi connectivity index (χ1v) is 9.01. The molecule has 1 aliphatic heterocycles. The Morgan fingerprint density at radius 1 is 1.24 bits per heavy atom. The molecule has 0 saturated carbocycles. The van der Waals surface area contributed by atoms with Crippen molar-refractivity contribution >= 4 is 5.91 Å². The van der Waals surface area contributed by atoms with Gasteiger partial charge in [0.05, 0.1) is 0 Å². The highest BCUT2D eigenvalue weighted by Crippen LogP contribution is 2.37. The van der Waals surface area contributed by atoms with Gasteiger partial charge in [-0.1, -0.05) is 6.92 Å². The van der Waals surface area contributed by atoms with Crippen LogP contribution in [0.1, 0.15) is 31.9 Å². The van der Waals surface area contributed by atoms with Crippen LogP contribution in [0, 0.1) is 17.6 Å². The topological polar surface area (TPSA) is 58.4 Å². The van der Waals surface area contributed by atoms with Gasteiger partial charge in [-0.2, -0.15) is 18.3 Å². The van der Waals surface area contributed by atoms with E-state index in [-0.39, 0.29) is 30.6 Å². The minimum absolute atomic E-state index is 0.00283. The molecule has 1 aromatic heterocycles. The van der Waals surface area contributed by atoms with Gasteiger partial charge in [0.25, 0.3) is 5.91 Å². The van der Waals surface area contributed by atoms with Crippen molar-refractivity contribution in [3.63, 3.8) is 0 Å². The fraction of sp³-hybridized carbons (Fsp3) is 0.474. The number of alkyl halides is 3. The predicted molar refractivity (Wildman–Crippen MR) is 93.3 cm³/mol. The van der Waals surface area contributed by atoms with Crippen LogP contribution in [-0.4, -0.2) is 50.6 Å². The first-order chi connectivity index (χ1) is 13.4. The summed E-state index contributed by atoms with van der Waals surface area (Å²) in [6.07, 6.45) is -3.32. The number of aliphatic hydroxyl groups is 1. The second-order valence-corrected chi connectivity index (χ2v) is 7.46.